The summed E-state index contributed by atoms with van der Waals surface area (Å²) in [5, 5.41) is 0. The van der Waals surface area contributed by atoms with Crippen molar-refractivity contribution < 1.29 is 27.1 Å². The molecule has 0 amide bonds. The number of carbonyl (C=O) groups excluding carboxylic acids is 1. The SMILES string of the molecule is C\C=C/C(=C\C(=C\CC)C(=C/C)\N(CCc1ccc(F)cc1)/C(=C\C)CN1CCN(Cc2ccc(C(F)(F)F)cc2)CC1)C(=O)OC. The number of allylic oxidation sites excluding steroid dienone is 5. The minimum absolute atomic E-state index is 0.274. The maximum atomic E-state index is 13.7. The van der Waals surface area contributed by atoms with E-state index in [9.17, 15) is 22.4 Å². The summed E-state index contributed by atoms with van der Waals surface area (Å²) >= 11 is 0. The zero-order chi connectivity index (χ0) is 34.4. The van der Waals surface area contributed by atoms with Gasteiger partial charge >= 0.3 is 12.1 Å². The van der Waals surface area contributed by atoms with Gasteiger partial charge in [0.05, 0.1) is 18.2 Å². The molecule has 0 aliphatic carbocycles. The molecule has 3 rings (SSSR count). The number of carbonyl (C=O) groups is 1. The van der Waals surface area contributed by atoms with Gasteiger partial charge in [0.1, 0.15) is 5.82 Å². The van der Waals surface area contributed by atoms with Crippen molar-refractivity contribution in [3.63, 3.8) is 0 Å². The molecule has 9 heteroatoms. The molecule has 47 heavy (non-hydrogen) atoms. The highest BCUT2D eigenvalue weighted by molar-refractivity contribution is 5.92. The van der Waals surface area contributed by atoms with Crippen molar-refractivity contribution in [1.29, 1.82) is 0 Å². The lowest BCUT2D eigenvalue weighted by molar-refractivity contribution is -0.137. The summed E-state index contributed by atoms with van der Waals surface area (Å²) in [6, 6.07) is 12.0. The van der Waals surface area contributed by atoms with E-state index < -0.39 is 17.7 Å². The lowest BCUT2D eigenvalue weighted by atomic mass is 10.0. The van der Waals surface area contributed by atoms with E-state index in [2.05, 4.69) is 39.9 Å². The van der Waals surface area contributed by atoms with Crippen molar-refractivity contribution in [3.05, 3.63) is 130 Å². The third kappa shape index (κ3) is 11.4. The minimum Gasteiger partial charge on any atom is -0.465 e. The molecule has 2 aromatic rings. The van der Waals surface area contributed by atoms with Gasteiger partial charge in [-0.1, -0.05) is 61.6 Å². The number of benzene rings is 2. The summed E-state index contributed by atoms with van der Waals surface area (Å²) < 4.78 is 57.6. The van der Waals surface area contributed by atoms with Gasteiger partial charge in [0.15, 0.2) is 0 Å². The van der Waals surface area contributed by atoms with Gasteiger partial charge in [0, 0.05) is 57.2 Å². The van der Waals surface area contributed by atoms with Crippen molar-refractivity contribution in [2.75, 3.05) is 46.4 Å². The number of nitrogens with zero attached hydrogens (tertiary/aromatic N) is 3. The normalized spacial score (nSPS) is 16.2. The summed E-state index contributed by atoms with van der Waals surface area (Å²) in [5.41, 5.74) is 4.63. The van der Waals surface area contributed by atoms with Gasteiger partial charge in [-0.15, -0.1) is 0 Å². The lowest BCUT2D eigenvalue weighted by Crippen LogP contribution is -2.47. The van der Waals surface area contributed by atoms with Crippen LogP contribution >= 0.6 is 0 Å². The van der Waals surface area contributed by atoms with Crippen LogP contribution in [0.3, 0.4) is 0 Å². The molecule has 1 fully saturated rings. The van der Waals surface area contributed by atoms with Crippen molar-refractivity contribution in [3.8, 4) is 0 Å². The molecule has 254 valence electrons. The van der Waals surface area contributed by atoms with Gasteiger partial charge in [-0.3, -0.25) is 9.80 Å². The molecule has 0 aromatic heterocycles. The fourth-order valence-electron chi connectivity index (χ4n) is 5.61. The Morgan fingerprint density at radius 2 is 1.51 bits per heavy atom. The molecule has 0 bridgehead atoms. The molecule has 0 atom stereocenters. The highest BCUT2D eigenvalue weighted by atomic mass is 19.4. The standard InChI is InChI=1S/C38H47F4N3O2/c1-6-10-31(26-32(11-7-2)37(46)47-5)36(9-4)45(21-20-29-14-18-34(39)19-15-29)35(8-3)28-44-24-22-43(23-25-44)27-30-12-16-33(17-13-30)38(40,41)42/h7-19,26H,6,20-25,27-28H2,1-5H3/b11-7-,31-10-,32-26+,35-8-,36-9+. The largest absolute Gasteiger partial charge is 0.465 e. The monoisotopic (exact) mass is 653 g/mol. The molecular formula is C38H47F4N3O2. The Bertz CT molecular complexity index is 1450. The van der Waals surface area contributed by atoms with Crippen molar-refractivity contribution in [2.45, 2.75) is 53.3 Å². The Hall–Kier alpha value is -3.95. The van der Waals surface area contributed by atoms with Crippen LogP contribution in [-0.4, -0.2) is 67.0 Å². The lowest BCUT2D eigenvalue weighted by Gasteiger charge is -2.38. The van der Waals surface area contributed by atoms with Crippen LogP contribution in [-0.2, 0) is 28.7 Å². The number of hydrogen-bond acceptors (Lipinski definition) is 5. The summed E-state index contributed by atoms with van der Waals surface area (Å²) in [4.78, 5) is 19.5. The maximum Gasteiger partial charge on any atom is 0.416 e. The van der Waals surface area contributed by atoms with Crippen LogP contribution in [0.5, 0.6) is 0 Å². The Balaban J connectivity index is 1.82. The number of halogens is 4. The average molecular weight is 654 g/mol. The number of piperazine rings is 1. The van der Waals surface area contributed by atoms with E-state index in [1.54, 1.807) is 30.3 Å². The Labute approximate surface area is 277 Å². The molecule has 1 aliphatic rings. The van der Waals surface area contributed by atoms with Gasteiger partial charge in [0.2, 0.25) is 0 Å². The van der Waals surface area contributed by atoms with Gasteiger partial charge < -0.3 is 9.64 Å². The van der Waals surface area contributed by atoms with Crippen LogP contribution in [0, 0.1) is 5.82 Å². The molecule has 0 N–H and O–H groups in total. The first-order chi connectivity index (χ1) is 22.5. The van der Waals surface area contributed by atoms with E-state index in [0.29, 0.717) is 31.6 Å². The first-order valence-electron chi connectivity index (χ1n) is 16.1. The van der Waals surface area contributed by atoms with Crippen LogP contribution in [0.1, 0.15) is 50.8 Å². The van der Waals surface area contributed by atoms with Crippen molar-refractivity contribution in [1.82, 2.24) is 14.7 Å². The molecule has 1 saturated heterocycles. The fraction of sp³-hybridized carbons (Fsp3) is 0.395. The topological polar surface area (TPSA) is 36.0 Å². The van der Waals surface area contributed by atoms with Gasteiger partial charge in [-0.25, -0.2) is 9.18 Å². The molecule has 0 spiro atoms. The zero-order valence-electron chi connectivity index (χ0n) is 28.1. The second-order valence-corrected chi connectivity index (χ2v) is 11.4. The zero-order valence-corrected chi connectivity index (χ0v) is 28.1. The van der Waals surface area contributed by atoms with E-state index in [0.717, 1.165) is 72.8 Å². The highest BCUT2D eigenvalue weighted by Gasteiger charge is 2.30. The summed E-state index contributed by atoms with van der Waals surface area (Å²) in [7, 11) is 1.37. The van der Waals surface area contributed by atoms with E-state index in [1.807, 2.05) is 32.9 Å². The van der Waals surface area contributed by atoms with E-state index in [1.165, 1.54) is 19.2 Å². The number of hydrogen-bond donors (Lipinski definition) is 0. The van der Waals surface area contributed by atoms with Gasteiger partial charge in [-0.2, -0.15) is 13.2 Å². The van der Waals surface area contributed by atoms with Gasteiger partial charge in [0.25, 0.3) is 0 Å². The summed E-state index contributed by atoms with van der Waals surface area (Å²) in [6.07, 6.45) is 8.77. The van der Waals surface area contributed by atoms with E-state index in [-0.39, 0.29) is 5.82 Å². The summed E-state index contributed by atoms with van der Waals surface area (Å²) in [6.45, 7) is 13.0. The first kappa shape index (κ1) is 37.5. The third-order valence-electron chi connectivity index (χ3n) is 8.12. The Kier molecular flexibility index (Phi) is 14.7. The van der Waals surface area contributed by atoms with Crippen molar-refractivity contribution in [2.24, 2.45) is 0 Å². The number of rotatable bonds is 14. The van der Waals surface area contributed by atoms with Gasteiger partial charge in [-0.05, 0) is 80.7 Å². The third-order valence-corrected chi connectivity index (χ3v) is 8.12. The predicted octanol–water partition coefficient (Wildman–Crippen LogP) is 8.33. The molecular weight excluding hydrogens is 606 g/mol. The van der Waals surface area contributed by atoms with Crippen LogP contribution < -0.4 is 0 Å². The quantitative estimate of drug-likeness (QED) is 0.0887. The van der Waals surface area contributed by atoms with E-state index in [4.69, 9.17) is 4.74 Å². The summed E-state index contributed by atoms with van der Waals surface area (Å²) in [5.74, 6) is -0.692. The van der Waals surface area contributed by atoms with Crippen LogP contribution in [0.25, 0.3) is 0 Å². The number of ether oxygens (including phenoxy) is 1. The van der Waals surface area contributed by atoms with Crippen LogP contribution in [0.15, 0.2) is 108 Å². The predicted molar refractivity (Wildman–Crippen MR) is 181 cm³/mol. The molecule has 0 radical (unpaired) electrons. The number of alkyl halides is 3. The van der Waals surface area contributed by atoms with Crippen molar-refractivity contribution >= 4 is 5.97 Å². The smallest absolute Gasteiger partial charge is 0.416 e. The number of esters is 1. The minimum atomic E-state index is -4.34. The highest BCUT2D eigenvalue weighted by Crippen LogP contribution is 2.30. The average Bonchev–Trinajstić information content (AvgIpc) is 3.06. The fourth-order valence-corrected chi connectivity index (χ4v) is 5.61. The Morgan fingerprint density at radius 1 is 0.894 bits per heavy atom. The molecule has 0 unspecified atom stereocenters. The van der Waals surface area contributed by atoms with Crippen LogP contribution in [0.4, 0.5) is 17.6 Å². The first-order valence-corrected chi connectivity index (χ1v) is 16.1. The second-order valence-electron chi connectivity index (χ2n) is 11.4. The Morgan fingerprint density at radius 3 is 2.04 bits per heavy atom. The van der Waals surface area contributed by atoms with E-state index >= 15 is 0 Å². The van der Waals surface area contributed by atoms with Crippen LogP contribution in [0.2, 0.25) is 0 Å². The second kappa shape index (κ2) is 18.4. The molecule has 1 heterocycles. The molecule has 5 nitrogen and oxygen atoms in total. The molecule has 2 aromatic carbocycles. The molecule has 0 saturated carbocycles. The number of methoxy groups -OCH3 is 1. The molecule has 1 aliphatic heterocycles. The maximum absolute atomic E-state index is 13.7.